The Bertz CT molecular complexity index is 1080. The Morgan fingerprint density at radius 2 is 1.90 bits per heavy atom. The predicted molar refractivity (Wildman–Crippen MR) is 117 cm³/mol. The number of thioether (sulfide) groups is 1. The number of anilines is 1. The van der Waals surface area contributed by atoms with E-state index in [9.17, 15) is 13.2 Å². The number of hydrogen-bond donors (Lipinski definition) is 0. The summed E-state index contributed by atoms with van der Waals surface area (Å²) in [7, 11) is -3.17. The van der Waals surface area contributed by atoms with E-state index in [-0.39, 0.29) is 29.4 Å². The van der Waals surface area contributed by atoms with Crippen LogP contribution in [0.15, 0.2) is 53.5 Å². The van der Waals surface area contributed by atoms with Gasteiger partial charge in [-0.05, 0) is 24.3 Å². The Labute approximate surface area is 182 Å². The number of aliphatic imine (C=N–C) groups is 1. The molecule has 2 aliphatic heterocycles. The molecule has 29 heavy (non-hydrogen) atoms. The number of amides is 1. The fraction of sp³-hybridized carbons (Fsp3) is 0.263. The Morgan fingerprint density at radius 1 is 1.14 bits per heavy atom. The van der Waals surface area contributed by atoms with Gasteiger partial charge < -0.3 is 9.64 Å². The zero-order valence-electron chi connectivity index (χ0n) is 15.0. The smallest absolute Gasteiger partial charge is 0.285 e. The van der Waals surface area contributed by atoms with Gasteiger partial charge in [-0.15, -0.1) is 0 Å². The second-order valence-electron chi connectivity index (χ2n) is 6.63. The van der Waals surface area contributed by atoms with Crippen LogP contribution < -0.4 is 9.64 Å². The topological polar surface area (TPSA) is 76.0 Å². The number of nitrogens with zero attached hydrogens (tertiary/aromatic N) is 2. The molecule has 6 nitrogen and oxygen atoms in total. The third-order valence-corrected chi connectivity index (χ3v) is 8.60. The van der Waals surface area contributed by atoms with Crippen molar-refractivity contribution in [2.75, 3.05) is 23.0 Å². The van der Waals surface area contributed by atoms with Crippen LogP contribution in [0.2, 0.25) is 10.0 Å². The molecule has 0 bridgehead atoms. The third-order valence-electron chi connectivity index (χ3n) is 4.58. The molecule has 2 unspecified atom stereocenters. The van der Waals surface area contributed by atoms with Crippen LogP contribution in [0.25, 0.3) is 0 Å². The van der Waals surface area contributed by atoms with E-state index in [4.69, 9.17) is 27.9 Å². The number of sulfone groups is 1. The normalized spacial score (nSPS) is 23.9. The second-order valence-corrected chi connectivity index (χ2v) is 10.8. The summed E-state index contributed by atoms with van der Waals surface area (Å²) >= 11 is 13.8. The molecule has 0 aliphatic carbocycles. The second kappa shape index (κ2) is 8.18. The number of para-hydroxylation sites is 1. The number of benzene rings is 2. The molecule has 2 saturated heterocycles. The number of rotatable bonds is 4. The lowest BCUT2D eigenvalue weighted by molar-refractivity contribution is -0.119. The standard InChI is InChI=1S/C19H16Cl2N2O4S2/c20-13-7-4-8-14(18(13)21)23-15-10-29(25,26)11-16(15)28-19(23)22-17(24)9-27-12-5-2-1-3-6-12/h1-8,15-16H,9-11H2. The maximum atomic E-state index is 12.4. The van der Waals surface area contributed by atoms with Gasteiger partial charge in [-0.2, -0.15) is 4.99 Å². The predicted octanol–water partition coefficient (Wildman–Crippen LogP) is 3.67. The van der Waals surface area contributed by atoms with Crippen molar-refractivity contribution in [2.24, 2.45) is 4.99 Å². The van der Waals surface area contributed by atoms with E-state index < -0.39 is 15.7 Å². The van der Waals surface area contributed by atoms with Gasteiger partial charge in [0.25, 0.3) is 5.91 Å². The number of fused-ring (bicyclic) bond motifs is 1. The van der Waals surface area contributed by atoms with Crippen molar-refractivity contribution in [1.82, 2.24) is 0 Å². The van der Waals surface area contributed by atoms with Crippen molar-refractivity contribution in [1.29, 1.82) is 0 Å². The average Bonchev–Trinajstić information content (AvgIpc) is 3.14. The molecule has 2 atom stereocenters. The number of hydrogen-bond acceptors (Lipinski definition) is 5. The van der Waals surface area contributed by atoms with Crippen molar-refractivity contribution < 1.29 is 17.9 Å². The van der Waals surface area contributed by atoms with Crippen LogP contribution in [-0.4, -0.2) is 48.9 Å². The number of carbonyl (C=O) groups excluding carboxylic acids is 1. The molecule has 2 aromatic rings. The monoisotopic (exact) mass is 470 g/mol. The zero-order valence-corrected chi connectivity index (χ0v) is 18.1. The Balaban J connectivity index is 1.62. The van der Waals surface area contributed by atoms with Gasteiger partial charge in [0.1, 0.15) is 5.75 Å². The molecular formula is C19H16Cl2N2O4S2. The average molecular weight is 471 g/mol. The highest BCUT2D eigenvalue weighted by Gasteiger charge is 2.49. The first-order chi connectivity index (χ1) is 13.8. The number of ether oxygens (including phenoxy) is 1. The molecule has 152 valence electrons. The highest BCUT2D eigenvalue weighted by atomic mass is 35.5. The molecule has 4 rings (SSSR count). The van der Waals surface area contributed by atoms with E-state index in [1.54, 1.807) is 35.2 Å². The van der Waals surface area contributed by atoms with Gasteiger partial charge >= 0.3 is 0 Å². The van der Waals surface area contributed by atoms with Crippen LogP contribution in [-0.2, 0) is 14.6 Å². The summed E-state index contributed by atoms with van der Waals surface area (Å²) in [5.41, 5.74) is 0.534. The van der Waals surface area contributed by atoms with Crippen LogP contribution in [0.1, 0.15) is 0 Å². The zero-order chi connectivity index (χ0) is 20.6. The molecule has 0 saturated carbocycles. The molecule has 0 N–H and O–H groups in total. The largest absolute Gasteiger partial charge is 0.484 e. The minimum Gasteiger partial charge on any atom is -0.484 e. The Hall–Kier alpha value is -1.74. The van der Waals surface area contributed by atoms with Crippen LogP contribution in [0.3, 0.4) is 0 Å². The summed E-state index contributed by atoms with van der Waals surface area (Å²) in [6.45, 7) is -0.223. The van der Waals surface area contributed by atoms with E-state index in [1.165, 1.54) is 11.8 Å². The fourth-order valence-electron chi connectivity index (χ4n) is 3.33. The van der Waals surface area contributed by atoms with Gasteiger partial charge in [0, 0.05) is 5.25 Å². The van der Waals surface area contributed by atoms with Crippen molar-refractivity contribution in [3.8, 4) is 5.75 Å². The van der Waals surface area contributed by atoms with E-state index in [2.05, 4.69) is 4.99 Å². The van der Waals surface area contributed by atoms with E-state index >= 15 is 0 Å². The summed E-state index contributed by atoms with van der Waals surface area (Å²) in [6, 6.07) is 13.7. The van der Waals surface area contributed by atoms with Crippen molar-refractivity contribution >= 4 is 61.6 Å². The molecule has 0 spiro atoms. The summed E-state index contributed by atoms with van der Waals surface area (Å²) in [6.07, 6.45) is 0. The molecule has 2 aromatic carbocycles. The molecule has 2 heterocycles. The fourth-order valence-corrected chi connectivity index (χ4v) is 7.64. The third kappa shape index (κ3) is 4.40. The first kappa shape index (κ1) is 20.5. The minimum atomic E-state index is -3.17. The van der Waals surface area contributed by atoms with Gasteiger partial charge in [-0.25, -0.2) is 8.42 Å². The first-order valence-electron chi connectivity index (χ1n) is 8.74. The minimum absolute atomic E-state index is 0.0266. The number of carbonyl (C=O) groups is 1. The van der Waals surface area contributed by atoms with Crippen molar-refractivity contribution in [3.05, 3.63) is 58.6 Å². The molecule has 0 aromatic heterocycles. The van der Waals surface area contributed by atoms with Crippen LogP contribution in [0, 0.1) is 0 Å². The Morgan fingerprint density at radius 3 is 2.66 bits per heavy atom. The Kier molecular flexibility index (Phi) is 5.79. The van der Waals surface area contributed by atoms with Gasteiger partial charge in [0.2, 0.25) is 0 Å². The lowest BCUT2D eigenvalue weighted by atomic mass is 10.2. The van der Waals surface area contributed by atoms with Crippen LogP contribution in [0.4, 0.5) is 5.69 Å². The van der Waals surface area contributed by atoms with E-state index in [0.29, 0.717) is 26.6 Å². The van der Waals surface area contributed by atoms with Crippen molar-refractivity contribution in [2.45, 2.75) is 11.3 Å². The quantitative estimate of drug-likeness (QED) is 0.678. The molecule has 2 aliphatic rings. The molecule has 2 fully saturated rings. The number of halogens is 2. The molecule has 1 amide bonds. The van der Waals surface area contributed by atoms with Crippen LogP contribution in [0.5, 0.6) is 5.75 Å². The first-order valence-corrected chi connectivity index (χ1v) is 12.2. The van der Waals surface area contributed by atoms with E-state index in [0.717, 1.165) is 0 Å². The van der Waals surface area contributed by atoms with Gasteiger partial charge in [0.15, 0.2) is 21.6 Å². The van der Waals surface area contributed by atoms with Crippen LogP contribution >= 0.6 is 35.0 Å². The number of amidine groups is 1. The molecule has 10 heteroatoms. The summed E-state index contributed by atoms with van der Waals surface area (Å²) in [5, 5.41) is 0.814. The summed E-state index contributed by atoms with van der Waals surface area (Å²) < 4.78 is 29.7. The molecular weight excluding hydrogens is 455 g/mol. The maximum absolute atomic E-state index is 12.4. The lowest BCUT2D eigenvalue weighted by Crippen LogP contribution is -2.38. The van der Waals surface area contributed by atoms with E-state index in [1.807, 2.05) is 18.2 Å². The highest BCUT2D eigenvalue weighted by Crippen LogP contribution is 2.44. The summed E-state index contributed by atoms with van der Waals surface area (Å²) in [5.74, 6) is 0.103. The maximum Gasteiger partial charge on any atom is 0.285 e. The SMILES string of the molecule is O=C(COc1ccccc1)N=C1SC2CS(=O)(=O)CC2N1c1cccc(Cl)c1Cl. The lowest BCUT2D eigenvalue weighted by Gasteiger charge is -2.25. The van der Waals surface area contributed by atoms with Gasteiger partial charge in [-0.1, -0.05) is 59.2 Å². The highest BCUT2D eigenvalue weighted by molar-refractivity contribution is 8.16. The van der Waals surface area contributed by atoms with Crippen molar-refractivity contribution in [3.63, 3.8) is 0 Å². The van der Waals surface area contributed by atoms with Gasteiger partial charge in [-0.3, -0.25) is 4.79 Å². The molecule has 0 radical (unpaired) electrons. The van der Waals surface area contributed by atoms with Gasteiger partial charge in [0.05, 0.1) is 33.3 Å². The summed E-state index contributed by atoms with van der Waals surface area (Å²) in [4.78, 5) is 18.3.